The van der Waals surface area contributed by atoms with Crippen LogP contribution in [-0.4, -0.2) is 29.3 Å². The number of fused-ring (bicyclic) bond motifs is 2. The second kappa shape index (κ2) is 9.27. The van der Waals surface area contributed by atoms with Gasteiger partial charge in [-0.15, -0.1) is 0 Å². The number of amides is 1. The topological polar surface area (TPSA) is 85.4 Å². The van der Waals surface area contributed by atoms with Gasteiger partial charge < -0.3 is 10.1 Å². The highest BCUT2D eigenvalue weighted by Crippen LogP contribution is 2.30. The summed E-state index contributed by atoms with van der Waals surface area (Å²) < 4.78 is 5.38. The third-order valence-corrected chi connectivity index (χ3v) is 5.92. The molecule has 5 rings (SSSR count). The first kappa shape index (κ1) is 21.5. The van der Waals surface area contributed by atoms with Gasteiger partial charge in [0.25, 0.3) is 5.91 Å². The summed E-state index contributed by atoms with van der Waals surface area (Å²) in [6, 6.07) is 23.1. The first-order valence-electron chi connectivity index (χ1n) is 11.2. The first-order chi connectivity index (χ1) is 16.6. The molecule has 168 valence electrons. The lowest BCUT2D eigenvalue weighted by atomic mass is 10.0. The van der Waals surface area contributed by atoms with Gasteiger partial charge in [-0.2, -0.15) is 0 Å². The van der Waals surface area contributed by atoms with E-state index in [1.165, 1.54) is 0 Å². The van der Waals surface area contributed by atoms with Gasteiger partial charge in [-0.25, -0.2) is 4.79 Å². The molecule has 34 heavy (non-hydrogen) atoms. The number of nitrogens with one attached hydrogen (secondary N) is 1. The number of pyridine rings is 1. The summed E-state index contributed by atoms with van der Waals surface area (Å²) in [5.74, 6) is -1.06. The standard InChI is InChI=1S/C28H22N2O4/c31-25(29-20-15-13-19(14-16-20)27(32)18-7-2-1-3-8-18)17-34-28(33)26-21-9-4-5-11-23(21)30-24-12-6-10-22(24)26/h1-5,7-9,11,13-16H,6,10,12,17H2,(H,29,31). The number of ketones is 1. The lowest BCUT2D eigenvalue weighted by molar-refractivity contribution is -0.119. The number of para-hydroxylation sites is 1. The van der Waals surface area contributed by atoms with Crippen LogP contribution in [-0.2, 0) is 22.4 Å². The first-order valence-corrected chi connectivity index (χ1v) is 11.2. The van der Waals surface area contributed by atoms with Crippen molar-refractivity contribution >= 4 is 34.3 Å². The molecule has 6 heteroatoms. The van der Waals surface area contributed by atoms with Crippen LogP contribution >= 0.6 is 0 Å². The third kappa shape index (κ3) is 4.30. The Morgan fingerprint density at radius 1 is 0.824 bits per heavy atom. The van der Waals surface area contributed by atoms with E-state index in [4.69, 9.17) is 4.74 Å². The molecule has 3 aromatic carbocycles. The van der Waals surface area contributed by atoms with E-state index in [0.29, 0.717) is 22.4 Å². The van der Waals surface area contributed by atoms with Crippen molar-refractivity contribution in [3.63, 3.8) is 0 Å². The second-order valence-electron chi connectivity index (χ2n) is 8.18. The van der Waals surface area contributed by atoms with Gasteiger partial charge >= 0.3 is 5.97 Å². The molecule has 1 heterocycles. The van der Waals surface area contributed by atoms with Gasteiger partial charge in [0.2, 0.25) is 0 Å². The van der Waals surface area contributed by atoms with Crippen LogP contribution in [0.4, 0.5) is 5.69 Å². The molecule has 0 radical (unpaired) electrons. The molecule has 1 aliphatic rings. The number of carbonyl (C=O) groups is 3. The average molecular weight is 450 g/mol. The number of rotatable bonds is 6. The molecule has 0 aliphatic heterocycles. The number of esters is 1. The van der Waals surface area contributed by atoms with Crippen LogP contribution in [0.2, 0.25) is 0 Å². The minimum atomic E-state index is -0.518. The Morgan fingerprint density at radius 2 is 1.53 bits per heavy atom. The zero-order valence-electron chi connectivity index (χ0n) is 18.4. The Balaban J connectivity index is 1.24. The summed E-state index contributed by atoms with van der Waals surface area (Å²) in [7, 11) is 0. The predicted molar refractivity (Wildman–Crippen MR) is 129 cm³/mol. The number of benzene rings is 3. The molecule has 0 unspecified atom stereocenters. The predicted octanol–water partition coefficient (Wildman–Crippen LogP) is 4.75. The number of carbonyl (C=O) groups excluding carboxylic acids is 3. The van der Waals surface area contributed by atoms with Gasteiger partial charge in [-0.3, -0.25) is 14.6 Å². The van der Waals surface area contributed by atoms with Crippen molar-refractivity contribution < 1.29 is 19.1 Å². The molecule has 1 amide bonds. The summed E-state index contributed by atoms with van der Waals surface area (Å²) in [6.45, 7) is -0.408. The lowest BCUT2D eigenvalue weighted by Gasteiger charge is -2.12. The van der Waals surface area contributed by atoms with Gasteiger partial charge in [0, 0.05) is 27.9 Å². The molecule has 0 bridgehead atoms. The maximum Gasteiger partial charge on any atom is 0.339 e. The van der Waals surface area contributed by atoms with Gasteiger partial charge in [0.1, 0.15) is 0 Å². The van der Waals surface area contributed by atoms with Crippen molar-refractivity contribution in [1.82, 2.24) is 4.98 Å². The van der Waals surface area contributed by atoms with E-state index in [1.807, 2.05) is 42.5 Å². The van der Waals surface area contributed by atoms with E-state index in [2.05, 4.69) is 10.3 Å². The van der Waals surface area contributed by atoms with Crippen molar-refractivity contribution in [2.24, 2.45) is 0 Å². The molecule has 0 fully saturated rings. The van der Waals surface area contributed by atoms with Crippen LogP contribution in [0.15, 0.2) is 78.9 Å². The molecule has 0 saturated heterocycles. The smallest absolute Gasteiger partial charge is 0.339 e. The fourth-order valence-electron chi connectivity index (χ4n) is 4.31. The normalized spacial score (nSPS) is 12.2. The van der Waals surface area contributed by atoms with Crippen molar-refractivity contribution in [3.8, 4) is 0 Å². The molecular weight excluding hydrogens is 428 g/mol. The van der Waals surface area contributed by atoms with E-state index in [0.717, 1.165) is 41.4 Å². The minimum Gasteiger partial charge on any atom is -0.452 e. The largest absolute Gasteiger partial charge is 0.452 e. The van der Waals surface area contributed by atoms with Gasteiger partial charge in [0.15, 0.2) is 12.4 Å². The maximum absolute atomic E-state index is 13.0. The van der Waals surface area contributed by atoms with E-state index >= 15 is 0 Å². The zero-order valence-corrected chi connectivity index (χ0v) is 18.4. The number of nitrogens with zero attached hydrogens (tertiary/aromatic N) is 1. The van der Waals surface area contributed by atoms with Crippen LogP contribution in [0.1, 0.15) is 44.0 Å². The van der Waals surface area contributed by atoms with Crippen LogP contribution in [0.25, 0.3) is 10.9 Å². The highest BCUT2D eigenvalue weighted by atomic mass is 16.5. The highest BCUT2D eigenvalue weighted by molar-refractivity contribution is 6.09. The number of hydrogen-bond acceptors (Lipinski definition) is 5. The van der Waals surface area contributed by atoms with Gasteiger partial charge in [-0.1, -0.05) is 48.5 Å². The van der Waals surface area contributed by atoms with Crippen molar-refractivity contribution in [3.05, 3.63) is 107 Å². The molecule has 6 nitrogen and oxygen atoms in total. The quantitative estimate of drug-likeness (QED) is 0.338. The Labute approximate surface area is 196 Å². The second-order valence-corrected chi connectivity index (χ2v) is 8.18. The van der Waals surface area contributed by atoms with Gasteiger partial charge in [0.05, 0.1) is 11.1 Å². The number of ether oxygens (including phenoxy) is 1. The van der Waals surface area contributed by atoms with Gasteiger partial charge in [-0.05, 0) is 55.2 Å². The SMILES string of the molecule is O=C(COC(=O)c1c2c(nc3ccccc13)CCC2)Nc1ccc(C(=O)c2ccccc2)cc1. The molecule has 0 atom stereocenters. The molecule has 0 spiro atoms. The fraction of sp³-hybridized carbons (Fsp3) is 0.143. The van der Waals surface area contributed by atoms with Crippen molar-refractivity contribution in [2.45, 2.75) is 19.3 Å². The molecular formula is C28H22N2O4. The summed E-state index contributed by atoms with van der Waals surface area (Å²) in [5.41, 5.74) is 4.75. The lowest BCUT2D eigenvalue weighted by Crippen LogP contribution is -2.21. The van der Waals surface area contributed by atoms with Crippen LogP contribution in [0, 0.1) is 0 Å². The zero-order chi connectivity index (χ0) is 23.5. The Morgan fingerprint density at radius 3 is 2.32 bits per heavy atom. The van der Waals surface area contributed by atoms with E-state index in [1.54, 1.807) is 36.4 Å². The van der Waals surface area contributed by atoms with E-state index in [9.17, 15) is 14.4 Å². The summed E-state index contributed by atoms with van der Waals surface area (Å²) in [6.07, 6.45) is 2.56. The fourth-order valence-corrected chi connectivity index (χ4v) is 4.31. The molecule has 0 saturated carbocycles. The highest BCUT2D eigenvalue weighted by Gasteiger charge is 2.25. The summed E-state index contributed by atoms with van der Waals surface area (Å²) >= 11 is 0. The average Bonchev–Trinajstić information content (AvgIpc) is 3.34. The van der Waals surface area contributed by atoms with E-state index < -0.39 is 18.5 Å². The van der Waals surface area contributed by atoms with Crippen LogP contribution < -0.4 is 5.32 Å². The summed E-state index contributed by atoms with van der Waals surface area (Å²) in [4.78, 5) is 42.6. The Hall–Kier alpha value is -4.32. The number of aromatic nitrogens is 1. The molecule has 1 N–H and O–H groups in total. The molecule has 4 aromatic rings. The van der Waals surface area contributed by atoms with Crippen molar-refractivity contribution in [1.29, 1.82) is 0 Å². The summed E-state index contributed by atoms with van der Waals surface area (Å²) in [5, 5.41) is 3.45. The van der Waals surface area contributed by atoms with Crippen molar-refractivity contribution in [2.75, 3.05) is 11.9 Å². The minimum absolute atomic E-state index is 0.0930. The Kier molecular flexibility index (Phi) is 5.87. The van der Waals surface area contributed by atoms with Crippen LogP contribution in [0.5, 0.6) is 0 Å². The number of aryl methyl sites for hydroxylation is 1. The third-order valence-electron chi connectivity index (χ3n) is 5.92. The number of hydrogen-bond donors (Lipinski definition) is 1. The van der Waals surface area contributed by atoms with E-state index in [-0.39, 0.29) is 5.78 Å². The molecule has 1 aliphatic carbocycles. The Bertz CT molecular complexity index is 1400. The van der Waals surface area contributed by atoms with Crippen LogP contribution in [0.3, 0.4) is 0 Å². The number of anilines is 1. The monoisotopic (exact) mass is 450 g/mol. The maximum atomic E-state index is 13.0. The molecule has 1 aromatic heterocycles.